The standard InChI is InChI=1S/C25H27N3O/c1-21-10-12-22(13-11-21)20-27-14-16-28(17-15-27)26-19-23-6-5-9-25(18-23)29-24-7-3-2-4-8-24/h2-13,18-19H,14-17,20H2,1H3/b26-19+. The number of hydrazone groups is 1. The van der Waals surface area contributed by atoms with Crippen LogP contribution in [0.1, 0.15) is 16.7 Å². The number of ether oxygens (including phenoxy) is 1. The van der Waals surface area contributed by atoms with Gasteiger partial charge in [0.05, 0.1) is 6.21 Å². The van der Waals surface area contributed by atoms with Gasteiger partial charge in [0.1, 0.15) is 11.5 Å². The predicted octanol–water partition coefficient (Wildman–Crippen LogP) is 4.94. The van der Waals surface area contributed by atoms with Crippen molar-refractivity contribution in [1.29, 1.82) is 0 Å². The molecule has 0 amide bonds. The van der Waals surface area contributed by atoms with Crippen molar-refractivity contribution in [2.45, 2.75) is 13.5 Å². The zero-order chi connectivity index (χ0) is 19.9. The second-order valence-corrected chi connectivity index (χ2v) is 7.45. The summed E-state index contributed by atoms with van der Waals surface area (Å²) >= 11 is 0. The maximum absolute atomic E-state index is 5.91. The molecule has 4 heteroatoms. The molecule has 0 aliphatic carbocycles. The van der Waals surface area contributed by atoms with E-state index in [-0.39, 0.29) is 0 Å². The lowest BCUT2D eigenvalue weighted by molar-refractivity contribution is 0.131. The molecule has 0 aromatic heterocycles. The molecular formula is C25H27N3O. The zero-order valence-corrected chi connectivity index (χ0v) is 16.9. The van der Waals surface area contributed by atoms with Crippen molar-refractivity contribution < 1.29 is 4.74 Å². The third-order valence-corrected chi connectivity index (χ3v) is 5.08. The number of piperazine rings is 1. The molecule has 3 aromatic rings. The minimum absolute atomic E-state index is 0.822. The fourth-order valence-corrected chi connectivity index (χ4v) is 3.39. The summed E-state index contributed by atoms with van der Waals surface area (Å²) in [7, 11) is 0. The Labute approximate surface area is 173 Å². The molecular weight excluding hydrogens is 358 g/mol. The number of rotatable bonds is 6. The van der Waals surface area contributed by atoms with E-state index in [0.717, 1.165) is 49.8 Å². The average Bonchev–Trinajstić information content (AvgIpc) is 2.76. The molecule has 0 atom stereocenters. The number of aryl methyl sites for hydroxylation is 1. The van der Waals surface area contributed by atoms with Crippen molar-refractivity contribution in [1.82, 2.24) is 9.91 Å². The second kappa shape index (κ2) is 9.39. The SMILES string of the molecule is Cc1ccc(CN2CCN(/N=C/c3cccc(Oc4ccccc4)c3)CC2)cc1. The van der Waals surface area contributed by atoms with Gasteiger partial charge in [0.15, 0.2) is 0 Å². The Hall–Kier alpha value is -3.11. The van der Waals surface area contributed by atoms with E-state index in [1.165, 1.54) is 11.1 Å². The van der Waals surface area contributed by atoms with E-state index in [1.54, 1.807) is 0 Å². The van der Waals surface area contributed by atoms with E-state index in [0.29, 0.717) is 0 Å². The Kier molecular flexibility index (Phi) is 6.22. The molecule has 0 unspecified atom stereocenters. The van der Waals surface area contributed by atoms with Gasteiger partial charge in [-0.05, 0) is 42.3 Å². The van der Waals surface area contributed by atoms with Crippen LogP contribution in [0, 0.1) is 6.92 Å². The van der Waals surface area contributed by atoms with Crippen LogP contribution >= 0.6 is 0 Å². The zero-order valence-electron chi connectivity index (χ0n) is 16.9. The molecule has 4 nitrogen and oxygen atoms in total. The van der Waals surface area contributed by atoms with Crippen LogP contribution in [0.2, 0.25) is 0 Å². The van der Waals surface area contributed by atoms with Crippen molar-refractivity contribution >= 4 is 6.21 Å². The summed E-state index contributed by atoms with van der Waals surface area (Å²) in [5, 5.41) is 6.83. The van der Waals surface area contributed by atoms with Gasteiger partial charge in [-0.15, -0.1) is 0 Å². The van der Waals surface area contributed by atoms with E-state index in [2.05, 4.69) is 52.3 Å². The van der Waals surface area contributed by atoms with E-state index in [4.69, 9.17) is 4.74 Å². The van der Waals surface area contributed by atoms with Crippen LogP contribution in [0.4, 0.5) is 0 Å². The van der Waals surface area contributed by atoms with E-state index in [1.807, 2.05) is 54.7 Å². The largest absolute Gasteiger partial charge is 0.457 e. The van der Waals surface area contributed by atoms with Gasteiger partial charge in [-0.1, -0.05) is 60.2 Å². The summed E-state index contributed by atoms with van der Waals surface area (Å²) in [6.45, 7) is 7.09. The Morgan fingerprint density at radius 1 is 0.828 bits per heavy atom. The van der Waals surface area contributed by atoms with Crippen LogP contribution in [0.15, 0.2) is 84.0 Å². The molecule has 0 saturated carbocycles. The summed E-state index contributed by atoms with van der Waals surface area (Å²) in [6.07, 6.45) is 1.92. The molecule has 3 aromatic carbocycles. The summed E-state index contributed by atoms with van der Waals surface area (Å²) in [6, 6.07) is 26.7. The number of para-hydroxylation sites is 1. The molecule has 1 saturated heterocycles. The van der Waals surface area contributed by atoms with E-state index in [9.17, 15) is 0 Å². The minimum atomic E-state index is 0.822. The smallest absolute Gasteiger partial charge is 0.128 e. The topological polar surface area (TPSA) is 28.1 Å². The summed E-state index contributed by atoms with van der Waals surface area (Å²) < 4.78 is 5.91. The van der Waals surface area contributed by atoms with Crippen molar-refractivity contribution in [2.75, 3.05) is 26.2 Å². The van der Waals surface area contributed by atoms with Gasteiger partial charge in [-0.25, -0.2) is 0 Å². The normalized spacial score (nSPS) is 15.0. The van der Waals surface area contributed by atoms with E-state index < -0.39 is 0 Å². The number of hydrogen-bond acceptors (Lipinski definition) is 4. The summed E-state index contributed by atoms with van der Waals surface area (Å²) in [5.74, 6) is 1.66. The predicted molar refractivity (Wildman–Crippen MR) is 119 cm³/mol. The Balaban J connectivity index is 1.29. The molecule has 148 valence electrons. The molecule has 1 aliphatic heterocycles. The Bertz CT molecular complexity index is 930. The third-order valence-electron chi connectivity index (χ3n) is 5.08. The average molecular weight is 386 g/mol. The van der Waals surface area contributed by atoms with Crippen LogP contribution < -0.4 is 4.74 Å². The maximum Gasteiger partial charge on any atom is 0.128 e. The highest BCUT2D eigenvalue weighted by molar-refractivity contribution is 5.80. The van der Waals surface area contributed by atoms with E-state index >= 15 is 0 Å². The van der Waals surface area contributed by atoms with Crippen molar-refractivity contribution in [3.8, 4) is 11.5 Å². The second-order valence-electron chi connectivity index (χ2n) is 7.45. The van der Waals surface area contributed by atoms with Gasteiger partial charge < -0.3 is 4.74 Å². The molecule has 0 radical (unpaired) electrons. The first-order chi connectivity index (χ1) is 14.2. The number of hydrogen-bond donors (Lipinski definition) is 0. The van der Waals surface area contributed by atoms with Crippen molar-refractivity contribution in [3.63, 3.8) is 0 Å². The van der Waals surface area contributed by atoms with Crippen LogP contribution in [-0.4, -0.2) is 42.3 Å². The molecule has 0 bridgehead atoms. The lowest BCUT2D eigenvalue weighted by Gasteiger charge is -2.33. The van der Waals surface area contributed by atoms with Gasteiger partial charge in [-0.2, -0.15) is 5.10 Å². The highest BCUT2D eigenvalue weighted by atomic mass is 16.5. The first-order valence-electron chi connectivity index (χ1n) is 10.1. The quantitative estimate of drug-likeness (QED) is 0.563. The lowest BCUT2D eigenvalue weighted by Crippen LogP contribution is -2.43. The monoisotopic (exact) mass is 385 g/mol. The molecule has 1 heterocycles. The fourth-order valence-electron chi connectivity index (χ4n) is 3.39. The van der Waals surface area contributed by atoms with Crippen LogP contribution in [0.5, 0.6) is 11.5 Å². The summed E-state index contributed by atoms with van der Waals surface area (Å²) in [5.41, 5.74) is 3.73. The maximum atomic E-state index is 5.91. The molecule has 1 aliphatic rings. The first kappa shape index (κ1) is 19.2. The first-order valence-corrected chi connectivity index (χ1v) is 10.1. The Morgan fingerprint density at radius 2 is 1.55 bits per heavy atom. The van der Waals surface area contributed by atoms with Gasteiger partial charge in [0, 0.05) is 32.7 Å². The molecule has 0 N–H and O–H groups in total. The number of nitrogens with zero attached hydrogens (tertiary/aromatic N) is 3. The van der Waals surface area contributed by atoms with Gasteiger partial charge in [-0.3, -0.25) is 9.91 Å². The lowest BCUT2D eigenvalue weighted by atomic mass is 10.1. The third kappa shape index (κ3) is 5.69. The molecule has 1 fully saturated rings. The molecule has 4 rings (SSSR count). The van der Waals surface area contributed by atoms with Gasteiger partial charge in [0.25, 0.3) is 0 Å². The van der Waals surface area contributed by atoms with Crippen molar-refractivity contribution in [3.05, 3.63) is 95.6 Å². The molecule has 29 heavy (non-hydrogen) atoms. The van der Waals surface area contributed by atoms with Crippen LogP contribution in [0.3, 0.4) is 0 Å². The molecule has 0 spiro atoms. The number of benzene rings is 3. The minimum Gasteiger partial charge on any atom is -0.457 e. The van der Waals surface area contributed by atoms with Gasteiger partial charge >= 0.3 is 0 Å². The van der Waals surface area contributed by atoms with Crippen molar-refractivity contribution in [2.24, 2.45) is 5.10 Å². The Morgan fingerprint density at radius 3 is 2.31 bits per heavy atom. The fraction of sp³-hybridized carbons (Fsp3) is 0.240. The highest BCUT2D eigenvalue weighted by Gasteiger charge is 2.15. The highest BCUT2D eigenvalue weighted by Crippen LogP contribution is 2.21. The van der Waals surface area contributed by atoms with Crippen LogP contribution in [0.25, 0.3) is 0 Å². The van der Waals surface area contributed by atoms with Gasteiger partial charge in [0.2, 0.25) is 0 Å². The summed E-state index contributed by atoms with van der Waals surface area (Å²) in [4.78, 5) is 2.49. The van der Waals surface area contributed by atoms with Crippen LogP contribution in [-0.2, 0) is 6.54 Å².